The van der Waals surface area contributed by atoms with Gasteiger partial charge in [-0.1, -0.05) is 6.07 Å². The van der Waals surface area contributed by atoms with E-state index in [0.717, 1.165) is 23.4 Å². The highest BCUT2D eigenvalue weighted by Crippen LogP contribution is 2.20. The molecule has 1 aromatic heterocycles. The minimum Gasteiger partial charge on any atom is -0.340 e. The minimum atomic E-state index is -3.94. The standard InChI is InChI=1S/C18H19F2N3O3S/c1-13-2-3-14(12-21-13)10-18(24)22-6-8-23(9-7-22)27(25,26)15-4-5-16(19)17(20)11-15/h2-5,11-12H,6-10H2,1H3. The molecule has 0 aliphatic carbocycles. The third-order valence-corrected chi connectivity index (χ3v) is 6.34. The van der Waals surface area contributed by atoms with E-state index in [1.807, 2.05) is 19.1 Å². The molecule has 0 bridgehead atoms. The molecule has 144 valence electrons. The molecule has 0 radical (unpaired) electrons. The number of aryl methyl sites for hydroxylation is 1. The summed E-state index contributed by atoms with van der Waals surface area (Å²) in [4.78, 5) is 17.8. The zero-order valence-corrected chi connectivity index (χ0v) is 15.5. The van der Waals surface area contributed by atoms with Gasteiger partial charge in [-0.25, -0.2) is 17.2 Å². The number of benzene rings is 1. The number of aromatic nitrogens is 1. The van der Waals surface area contributed by atoms with Gasteiger partial charge in [-0.2, -0.15) is 4.31 Å². The smallest absolute Gasteiger partial charge is 0.243 e. The van der Waals surface area contributed by atoms with Gasteiger partial charge in [0.15, 0.2) is 11.6 Å². The molecule has 1 aliphatic heterocycles. The van der Waals surface area contributed by atoms with Crippen molar-refractivity contribution >= 4 is 15.9 Å². The van der Waals surface area contributed by atoms with Crippen LogP contribution in [0.2, 0.25) is 0 Å². The molecule has 1 saturated heterocycles. The van der Waals surface area contributed by atoms with Gasteiger partial charge in [0.2, 0.25) is 15.9 Å². The molecule has 0 unspecified atom stereocenters. The van der Waals surface area contributed by atoms with Crippen LogP contribution in [0, 0.1) is 18.6 Å². The maximum absolute atomic E-state index is 13.4. The van der Waals surface area contributed by atoms with Crippen LogP contribution in [0.5, 0.6) is 0 Å². The Kier molecular flexibility index (Phi) is 5.52. The van der Waals surface area contributed by atoms with Crippen LogP contribution in [0.25, 0.3) is 0 Å². The zero-order chi connectivity index (χ0) is 19.6. The minimum absolute atomic E-state index is 0.0964. The molecule has 1 amide bonds. The third-order valence-electron chi connectivity index (χ3n) is 4.45. The van der Waals surface area contributed by atoms with Crippen molar-refractivity contribution in [3.63, 3.8) is 0 Å². The molecule has 1 aliphatic rings. The van der Waals surface area contributed by atoms with Gasteiger partial charge >= 0.3 is 0 Å². The molecule has 1 fully saturated rings. The lowest BCUT2D eigenvalue weighted by atomic mass is 10.1. The second-order valence-electron chi connectivity index (χ2n) is 6.35. The lowest BCUT2D eigenvalue weighted by molar-refractivity contribution is -0.131. The number of amides is 1. The maximum Gasteiger partial charge on any atom is 0.243 e. The van der Waals surface area contributed by atoms with Crippen LogP contribution in [0.1, 0.15) is 11.3 Å². The summed E-state index contributed by atoms with van der Waals surface area (Å²) in [5.74, 6) is -2.42. The summed E-state index contributed by atoms with van der Waals surface area (Å²) in [6.07, 6.45) is 1.85. The summed E-state index contributed by atoms with van der Waals surface area (Å²) in [6, 6.07) is 6.17. The number of pyridine rings is 1. The second-order valence-corrected chi connectivity index (χ2v) is 8.28. The number of rotatable bonds is 4. The molecular weight excluding hydrogens is 376 g/mol. The first-order valence-corrected chi connectivity index (χ1v) is 9.86. The van der Waals surface area contributed by atoms with Gasteiger partial charge in [0.05, 0.1) is 11.3 Å². The summed E-state index contributed by atoms with van der Waals surface area (Å²) in [5.41, 5.74) is 1.66. The van der Waals surface area contributed by atoms with Crippen molar-refractivity contribution in [1.29, 1.82) is 0 Å². The first-order valence-electron chi connectivity index (χ1n) is 8.42. The summed E-state index contributed by atoms with van der Waals surface area (Å²) < 4.78 is 52.7. The van der Waals surface area contributed by atoms with Crippen molar-refractivity contribution in [2.24, 2.45) is 0 Å². The Morgan fingerprint density at radius 2 is 1.78 bits per heavy atom. The first kappa shape index (κ1) is 19.4. The maximum atomic E-state index is 13.4. The van der Waals surface area contributed by atoms with Crippen LogP contribution in [0.3, 0.4) is 0 Å². The molecule has 0 N–H and O–H groups in total. The topological polar surface area (TPSA) is 70.6 Å². The average molecular weight is 395 g/mol. The van der Waals surface area contributed by atoms with Crippen molar-refractivity contribution in [1.82, 2.24) is 14.2 Å². The molecule has 0 atom stereocenters. The van der Waals surface area contributed by atoms with Gasteiger partial charge < -0.3 is 4.90 Å². The van der Waals surface area contributed by atoms with Gasteiger partial charge in [-0.3, -0.25) is 9.78 Å². The van der Waals surface area contributed by atoms with E-state index in [-0.39, 0.29) is 43.4 Å². The number of piperazine rings is 1. The van der Waals surface area contributed by atoms with Crippen LogP contribution < -0.4 is 0 Å². The van der Waals surface area contributed by atoms with Crippen molar-refractivity contribution in [2.45, 2.75) is 18.2 Å². The average Bonchev–Trinajstić information content (AvgIpc) is 2.66. The van der Waals surface area contributed by atoms with E-state index in [0.29, 0.717) is 6.07 Å². The normalized spacial score (nSPS) is 15.7. The van der Waals surface area contributed by atoms with Gasteiger partial charge in [-0.05, 0) is 36.8 Å². The summed E-state index contributed by atoms with van der Waals surface area (Å²) >= 11 is 0. The zero-order valence-electron chi connectivity index (χ0n) is 14.7. The molecule has 2 heterocycles. The van der Waals surface area contributed by atoms with E-state index in [1.165, 1.54) is 4.31 Å². The van der Waals surface area contributed by atoms with E-state index in [4.69, 9.17) is 0 Å². The number of carbonyl (C=O) groups excluding carboxylic acids is 1. The van der Waals surface area contributed by atoms with Gasteiger partial charge in [0.1, 0.15) is 0 Å². The number of hydrogen-bond donors (Lipinski definition) is 0. The van der Waals surface area contributed by atoms with Crippen LogP contribution >= 0.6 is 0 Å². The SMILES string of the molecule is Cc1ccc(CC(=O)N2CCN(S(=O)(=O)c3ccc(F)c(F)c3)CC2)cn1. The number of sulfonamides is 1. The van der Waals surface area contributed by atoms with Gasteiger partial charge in [0.25, 0.3) is 0 Å². The number of nitrogens with zero attached hydrogens (tertiary/aromatic N) is 3. The lowest BCUT2D eigenvalue weighted by Gasteiger charge is -2.34. The molecular formula is C18H19F2N3O3S. The Hall–Kier alpha value is -2.39. The quantitative estimate of drug-likeness (QED) is 0.791. The molecule has 2 aromatic rings. The van der Waals surface area contributed by atoms with Crippen LogP contribution in [-0.4, -0.2) is 54.7 Å². The predicted molar refractivity (Wildman–Crippen MR) is 94.4 cm³/mol. The number of hydrogen-bond acceptors (Lipinski definition) is 4. The fourth-order valence-electron chi connectivity index (χ4n) is 2.85. The van der Waals surface area contributed by atoms with Crippen LogP contribution in [0.15, 0.2) is 41.4 Å². The molecule has 0 saturated carbocycles. The van der Waals surface area contributed by atoms with E-state index < -0.39 is 21.7 Å². The highest BCUT2D eigenvalue weighted by atomic mass is 32.2. The number of halogens is 2. The van der Waals surface area contributed by atoms with Crippen molar-refractivity contribution < 1.29 is 22.0 Å². The van der Waals surface area contributed by atoms with Gasteiger partial charge in [-0.15, -0.1) is 0 Å². The van der Waals surface area contributed by atoms with E-state index in [1.54, 1.807) is 11.1 Å². The Morgan fingerprint density at radius 3 is 2.37 bits per heavy atom. The molecule has 27 heavy (non-hydrogen) atoms. The lowest BCUT2D eigenvalue weighted by Crippen LogP contribution is -2.50. The van der Waals surface area contributed by atoms with E-state index in [2.05, 4.69) is 4.98 Å². The highest BCUT2D eigenvalue weighted by molar-refractivity contribution is 7.89. The van der Waals surface area contributed by atoms with Crippen LogP contribution in [-0.2, 0) is 21.2 Å². The second kappa shape index (κ2) is 7.69. The Balaban J connectivity index is 1.63. The highest BCUT2D eigenvalue weighted by Gasteiger charge is 2.30. The fourth-order valence-corrected chi connectivity index (χ4v) is 4.29. The van der Waals surface area contributed by atoms with Crippen molar-refractivity contribution in [3.8, 4) is 0 Å². The third kappa shape index (κ3) is 4.30. The fraction of sp³-hybridized carbons (Fsp3) is 0.333. The Labute approximate surface area is 156 Å². The van der Waals surface area contributed by atoms with E-state index in [9.17, 15) is 22.0 Å². The molecule has 1 aromatic carbocycles. The molecule has 9 heteroatoms. The monoisotopic (exact) mass is 395 g/mol. The molecule has 6 nitrogen and oxygen atoms in total. The van der Waals surface area contributed by atoms with E-state index >= 15 is 0 Å². The Morgan fingerprint density at radius 1 is 1.07 bits per heavy atom. The van der Waals surface area contributed by atoms with Crippen LogP contribution in [0.4, 0.5) is 8.78 Å². The first-order chi connectivity index (χ1) is 12.8. The molecule has 3 rings (SSSR count). The summed E-state index contributed by atoms with van der Waals surface area (Å²) in [6.45, 7) is 2.53. The number of carbonyl (C=O) groups is 1. The largest absolute Gasteiger partial charge is 0.340 e. The summed E-state index contributed by atoms with van der Waals surface area (Å²) in [5, 5.41) is 0. The van der Waals surface area contributed by atoms with Crippen molar-refractivity contribution in [3.05, 3.63) is 59.4 Å². The summed E-state index contributed by atoms with van der Waals surface area (Å²) in [7, 11) is -3.94. The van der Waals surface area contributed by atoms with Gasteiger partial charge in [0, 0.05) is 38.1 Å². The predicted octanol–water partition coefficient (Wildman–Crippen LogP) is 1.74. The van der Waals surface area contributed by atoms with Crippen molar-refractivity contribution in [2.75, 3.05) is 26.2 Å². The Bertz CT molecular complexity index is 941. The molecule has 0 spiro atoms.